The highest BCUT2D eigenvalue weighted by atomic mass is 16.3. The summed E-state index contributed by atoms with van der Waals surface area (Å²) in [6.07, 6.45) is 0.845. The molecule has 1 atom stereocenters. The van der Waals surface area contributed by atoms with E-state index in [4.69, 9.17) is 5.73 Å². The van der Waals surface area contributed by atoms with E-state index in [1.165, 1.54) is 0 Å². The van der Waals surface area contributed by atoms with E-state index in [1.807, 2.05) is 39.0 Å². The first-order chi connectivity index (χ1) is 7.02. The number of benzene rings is 1. The SMILES string of the molecule is CCC(C)(CO)Nc1c(C)cccc1N. The molecule has 0 saturated carbocycles. The number of rotatable bonds is 4. The van der Waals surface area contributed by atoms with E-state index in [2.05, 4.69) is 5.32 Å². The maximum Gasteiger partial charge on any atom is 0.0658 e. The van der Waals surface area contributed by atoms with Crippen molar-refractivity contribution in [1.29, 1.82) is 0 Å². The predicted octanol–water partition coefficient (Wildman–Crippen LogP) is 2.15. The van der Waals surface area contributed by atoms with Gasteiger partial charge in [0.1, 0.15) is 0 Å². The lowest BCUT2D eigenvalue weighted by molar-refractivity contribution is 0.219. The maximum atomic E-state index is 9.33. The monoisotopic (exact) mass is 208 g/mol. The zero-order chi connectivity index (χ0) is 11.5. The van der Waals surface area contributed by atoms with Crippen LogP contribution in [-0.4, -0.2) is 17.3 Å². The highest BCUT2D eigenvalue weighted by Gasteiger charge is 2.21. The van der Waals surface area contributed by atoms with E-state index in [0.717, 1.165) is 23.4 Å². The predicted molar refractivity (Wildman–Crippen MR) is 65.0 cm³/mol. The molecule has 0 aliphatic heterocycles. The van der Waals surface area contributed by atoms with Crippen LogP contribution in [0.15, 0.2) is 18.2 Å². The molecule has 0 fully saturated rings. The number of nitrogen functional groups attached to an aromatic ring is 1. The van der Waals surface area contributed by atoms with E-state index in [-0.39, 0.29) is 12.1 Å². The number of hydrogen-bond donors (Lipinski definition) is 3. The van der Waals surface area contributed by atoms with Gasteiger partial charge >= 0.3 is 0 Å². The van der Waals surface area contributed by atoms with Crippen molar-refractivity contribution in [2.75, 3.05) is 17.7 Å². The van der Waals surface area contributed by atoms with Gasteiger partial charge in [0.15, 0.2) is 0 Å². The number of nitrogens with one attached hydrogen (secondary N) is 1. The van der Waals surface area contributed by atoms with Crippen LogP contribution in [-0.2, 0) is 0 Å². The van der Waals surface area contributed by atoms with Gasteiger partial charge in [-0.1, -0.05) is 19.1 Å². The Morgan fingerprint density at radius 2 is 2.13 bits per heavy atom. The van der Waals surface area contributed by atoms with Crippen molar-refractivity contribution in [3.8, 4) is 0 Å². The maximum absolute atomic E-state index is 9.33. The minimum absolute atomic E-state index is 0.0945. The molecule has 3 nitrogen and oxygen atoms in total. The van der Waals surface area contributed by atoms with E-state index in [0.29, 0.717) is 0 Å². The smallest absolute Gasteiger partial charge is 0.0658 e. The molecule has 15 heavy (non-hydrogen) atoms. The Morgan fingerprint density at radius 1 is 1.47 bits per heavy atom. The lowest BCUT2D eigenvalue weighted by Crippen LogP contribution is -2.38. The standard InChI is InChI=1S/C12H20N2O/c1-4-12(3,8-15)14-11-9(2)6-5-7-10(11)13/h5-7,14-15H,4,8,13H2,1-3H3. The zero-order valence-corrected chi connectivity index (χ0v) is 9.67. The van der Waals surface area contributed by atoms with Gasteiger partial charge in [0.05, 0.1) is 23.5 Å². The average Bonchev–Trinajstić information content (AvgIpc) is 2.23. The average molecular weight is 208 g/mol. The minimum Gasteiger partial charge on any atom is -0.397 e. The largest absolute Gasteiger partial charge is 0.397 e. The Bertz CT molecular complexity index is 312. The van der Waals surface area contributed by atoms with Gasteiger partial charge in [0.25, 0.3) is 0 Å². The van der Waals surface area contributed by atoms with Crippen molar-refractivity contribution in [3.05, 3.63) is 23.8 Å². The fourth-order valence-corrected chi connectivity index (χ4v) is 1.40. The first-order valence-electron chi connectivity index (χ1n) is 5.26. The van der Waals surface area contributed by atoms with Gasteiger partial charge in [-0.15, -0.1) is 0 Å². The molecule has 1 rings (SSSR count). The molecule has 0 aliphatic rings. The second kappa shape index (κ2) is 4.53. The Morgan fingerprint density at radius 3 is 2.60 bits per heavy atom. The van der Waals surface area contributed by atoms with Crippen LogP contribution in [0.3, 0.4) is 0 Å². The van der Waals surface area contributed by atoms with Crippen LogP contribution in [0, 0.1) is 6.92 Å². The van der Waals surface area contributed by atoms with Crippen molar-refractivity contribution in [2.24, 2.45) is 0 Å². The molecule has 1 aromatic carbocycles. The zero-order valence-electron chi connectivity index (χ0n) is 9.67. The van der Waals surface area contributed by atoms with Gasteiger partial charge < -0.3 is 16.2 Å². The first-order valence-corrected chi connectivity index (χ1v) is 5.26. The summed E-state index contributed by atoms with van der Waals surface area (Å²) in [5, 5.41) is 12.6. The molecule has 3 heteroatoms. The summed E-state index contributed by atoms with van der Waals surface area (Å²) in [5.41, 5.74) is 8.34. The highest BCUT2D eigenvalue weighted by Crippen LogP contribution is 2.27. The summed E-state index contributed by atoms with van der Waals surface area (Å²) < 4.78 is 0. The molecule has 1 unspecified atom stereocenters. The van der Waals surface area contributed by atoms with Crippen LogP contribution in [0.4, 0.5) is 11.4 Å². The fraction of sp³-hybridized carbons (Fsp3) is 0.500. The van der Waals surface area contributed by atoms with Crippen LogP contribution in [0.1, 0.15) is 25.8 Å². The van der Waals surface area contributed by atoms with Crippen molar-refractivity contribution in [2.45, 2.75) is 32.7 Å². The van der Waals surface area contributed by atoms with Gasteiger partial charge in [-0.2, -0.15) is 0 Å². The summed E-state index contributed by atoms with van der Waals surface area (Å²) >= 11 is 0. The van der Waals surface area contributed by atoms with Crippen molar-refractivity contribution in [3.63, 3.8) is 0 Å². The first kappa shape index (κ1) is 11.9. The summed E-state index contributed by atoms with van der Waals surface area (Å²) in [6, 6.07) is 5.80. The molecule has 0 saturated heterocycles. The number of aliphatic hydroxyl groups excluding tert-OH is 1. The molecular formula is C12H20N2O. The van der Waals surface area contributed by atoms with Crippen molar-refractivity contribution < 1.29 is 5.11 Å². The lowest BCUT2D eigenvalue weighted by atomic mass is 9.98. The molecule has 0 bridgehead atoms. The van der Waals surface area contributed by atoms with Crippen LogP contribution in [0.25, 0.3) is 0 Å². The molecule has 0 radical (unpaired) electrons. The molecule has 84 valence electrons. The summed E-state index contributed by atoms with van der Waals surface area (Å²) in [7, 11) is 0. The van der Waals surface area contributed by atoms with Crippen LogP contribution < -0.4 is 11.1 Å². The second-order valence-corrected chi connectivity index (χ2v) is 4.24. The molecule has 4 N–H and O–H groups in total. The number of aryl methyl sites for hydroxylation is 1. The quantitative estimate of drug-likeness (QED) is 0.664. The lowest BCUT2D eigenvalue weighted by Gasteiger charge is -2.30. The van der Waals surface area contributed by atoms with Gasteiger partial charge in [0, 0.05) is 0 Å². The molecule has 0 aromatic heterocycles. The third kappa shape index (κ3) is 2.63. The topological polar surface area (TPSA) is 58.3 Å². The van der Waals surface area contributed by atoms with Crippen LogP contribution in [0.5, 0.6) is 0 Å². The van der Waals surface area contributed by atoms with Gasteiger partial charge in [-0.05, 0) is 31.9 Å². The highest BCUT2D eigenvalue weighted by molar-refractivity contribution is 5.70. The molecular weight excluding hydrogens is 188 g/mol. The third-order valence-electron chi connectivity index (χ3n) is 2.86. The number of hydrogen-bond acceptors (Lipinski definition) is 3. The summed E-state index contributed by atoms with van der Waals surface area (Å²) in [4.78, 5) is 0. The van der Waals surface area contributed by atoms with Crippen molar-refractivity contribution in [1.82, 2.24) is 0 Å². The number of anilines is 2. The molecule has 0 amide bonds. The Labute approximate surface area is 91.3 Å². The number of para-hydroxylation sites is 1. The van der Waals surface area contributed by atoms with E-state index in [9.17, 15) is 5.11 Å². The normalized spacial score (nSPS) is 14.7. The van der Waals surface area contributed by atoms with Gasteiger partial charge in [0.2, 0.25) is 0 Å². The summed E-state index contributed by atoms with van der Waals surface area (Å²) in [5.74, 6) is 0. The minimum atomic E-state index is -0.305. The second-order valence-electron chi connectivity index (χ2n) is 4.24. The molecule has 1 aromatic rings. The van der Waals surface area contributed by atoms with E-state index in [1.54, 1.807) is 0 Å². The van der Waals surface area contributed by atoms with Gasteiger partial charge in [-0.25, -0.2) is 0 Å². The van der Waals surface area contributed by atoms with E-state index >= 15 is 0 Å². The number of nitrogens with two attached hydrogens (primary N) is 1. The van der Waals surface area contributed by atoms with Crippen molar-refractivity contribution >= 4 is 11.4 Å². The van der Waals surface area contributed by atoms with Crippen LogP contribution in [0.2, 0.25) is 0 Å². The van der Waals surface area contributed by atoms with E-state index < -0.39 is 0 Å². The summed E-state index contributed by atoms with van der Waals surface area (Å²) in [6.45, 7) is 6.12. The Hall–Kier alpha value is -1.22. The Balaban J connectivity index is 2.98. The molecule has 0 spiro atoms. The van der Waals surface area contributed by atoms with Crippen LogP contribution >= 0.6 is 0 Å². The van der Waals surface area contributed by atoms with Gasteiger partial charge in [-0.3, -0.25) is 0 Å². The fourth-order valence-electron chi connectivity index (χ4n) is 1.40. The number of aliphatic hydroxyl groups is 1. The molecule has 0 heterocycles. The molecule has 0 aliphatic carbocycles. The Kier molecular flexibility index (Phi) is 3.58. The third-order valence-corrected chi connectivity index (χ3v) is 2.86.